The van der Waals surface area contributed by atoms with Gasteiger partial charge in [-0.05, 0) is 56.5 Å². The Bertz CT molecular complexity index is 697. The topological polar surface area (TPSA) is 66.4 Å². The van der Waals surface area contributed by atoms with Gasteiger partial charge in [-0.25, -0.2) is 4.79 Å². The predicted octanol–water partition coefficient (Wildman–Crippen LogP) is 4.53. The van der Waals surface area contributed by atoms with Crippen LogP contribution >= 0.6 is 43.2 Å². The third-order valence-corrected chi connectivity index (χ3v) is 4.98. The first kappa shape index (κ1) is 15.2. The van der Waals surface area contributed by atoms with E-state index in [4.69, 9.17) is 0 Å². The van der Waals surface area contributed by atoms with Gasteiger partial charge < -0.3 is 10.4 Å². The van der Waals surface area contributed by atoms with Gasteiger partial charge in [0.25, 0.3) is 5.91 Å². The molecule has 0 saturated heterocycles. The van der Waals surface area contributed by atoms with Gasteiger partial charge in [-0.2, -0.15) is 0 Å². The largest absolute Gasteiger partial charge is 0.478 e. The van der Waals surface area contributed by atoms with Crippen LogP contribution in [0.25, 0.3) is 0 Å². The summed E-state index contributed by atoms with van der Waals surface area (Å²) in [5.74, 6) is -1.42. The van der Waals surface area contributed by atoms with E-state index in [1.165, 1.54) is 11.3 Å². The monoisotopic (exact) mass is 417 g/mol. The number of aromatic carboxylic acids is 1. The van der Waals surface area contributed by atoms with E-state index in [1.807, 2.05) is 0 Å². The SMILES string of the molecule is Cc1cccc(NC(=O)c2cc(Br)sc2Br)c1C(=O)O. The molecule has 2 rings (SSSR count). The molecule has 0 spiro atoms. The van der Waals surface area contributed by atoms with Gasteiger partial charge in [0.1, 0.15) is 0 Å². The Hall–Kier alpha value is -1.18. The molecule has 0 atom stereocenters. The number of hydrogen-bond acceptors (Lipinski definition) is 3. The Morgan fingerprint density at radius 2 is 2.00 bits per heavy atom. The van der Waals surface area contributed by atoms with Crippen LogP contribution in [0, 0.1) is 6.92 Å². The second-order valence-corrected chi connectivity index (χ2v) is 7.74. The van der Waals surface area contributed by atoms with Gasteiger partial charge in [-0.1, -0.05) is 12.1 Å². The summed E-state index contributed by atoms with van der Waals surface area (Å²) in [6.07, 6.45) is 0. The molecule has 0 unspecified atom stereocenters. The van der Waals surface area contributed by atoms with Crippen LogP contribution in [-0.2, 0) is 0 Å². The molecule has 0 aliphatic carbocycles. The van der Waals surface area contributed by atoms with Crippen molar-refractivity contribution in [1.82, 2.24) is 0 Å². The average Bonchev–Trinajstić information content (AvgIpc) is 2.68. The number of aryl methyl sites for hydroxylation is 1. The smallest absolute Gasteiger partial charge is 0.338 e. The number of thiophene rings is 1. The van der Waals surface area contributed by atoms with Crippen molar-refractivity contribution in [3.05, 3.63) is 48.5 Å². The van der Waals surface area contributed by atoms with Gasteiger partial charge in [-0.3, -0.25) is 4.79 Å². The lowest BCUT2D eigenvalue weighted by Gasteiger charge is -2.10. The number of carbonyl (C=O) groups excluding carboxylic acids is 1. The van der Waals surface area contributed by atoms with Crippen molar-refractivity contribution < 1.29 is 14.7 Å². The van der Waals surface area contributed by atoms with Crippen molar-refractivity contribution >= 4 is 60.8 Å². The second-order valence-electron chi connectivity index (χ2n) is 3.99. The molecule has 2 aromatic rings. The third-order valence-electron chi connectivity index (χ3n) is 2.64. The van der Waals surface area contributed by atoms with Gasteiger partial charge >= 0.3 is 5.97 Å². The van der Waals surface area contributed by atoms with Crippen molar-refractivity contribution in [1.29, 1.82) is 0 Å². The highest BCUT2D eigenvalue weighted by molar-refractivity contribution is 9.12. The molecular weight excluding hydrogens is 410 g/mol. The molecule has 4 nitrogen and oxygen atoms in total. The highest BCUT2D eigenvalue weighted by Crippen LogP contribution is 2.32. The second kappa shape index (κ2) is 6.07. The van der Waals surface area contributed by atoms with E-state index in [0.29, 0.717) is 14.9 Å². The maximum absolute atomic E-state index is 12.2. The van der Waals surface area contributed by atoms with Crippen molar-refractivity contribution in [3.63, 3.8) is 0 Å². The fourth-order valence-corrected chi connectivity index (χ4v) is 4.53. The summed E-state index contributed by atoms with van der Waals surface area (Å²) in [4.78, 5) is 23.5. The minimum absolute atomic E-state index is 0.103. The van der Waals surface area contributed by atoms with Crippen LogP contribution in [0.2, 0.25) is 0 Å². The van der Waals surface area contributed by atoms with Crippen LogP contribution in [0.1, 0.15) is 26.3 Å². The van der Waals surface area contributed by atoms with E-state index < -0.39 is 5.97 Å². The Labute approximate surface area is 136 Å². The Kier molecular flexibility index (Phi) is 4.62. The normalized spacial score (nSPS) is 10.3. The van der Waals surface area contributed by atoms with Gasteiger partial charge in [0, 0.05) is 0 Å². The molecule has 1 heterocycles. The molecule has 104 valence electrons. The maximum atomic E-state index is 12.2. The quantitative estimate of drug-likeness (QED) is 0.769. The van der Waals surface area contributed by atoms with Crippen molar-refractivity contribution in [3.8, 4) is 0 Å². The standard InChI is InChI=1S/C13H9Br2NO3S/c1-6-3-2-4-8(10(6)13(18)19)16-12(17)7-5-9(14)20-11(7)15/h2-5H,1H3,(H,16,17)(H,18,19). The lowest BCUT2D eigenvalue weighted by atomic mass is 10.1. The number of rotatable bonds is 3. The summed E-state index contributed by atoms with van der Waals surface area (Å²) in [6, 6.07) is 6.65. The van der Waals surface area contributed by atoms with E-state index in [0.717, 1.165) is 3.79 Å². The minimum Gasteiger partial charge on any atom is -0.478 e. The number of nitrogens with one attached hydrogen (secondary N) is 1. The number of halogens is 2. The Morgan fingerprint density at radius 1 is 1.30 bits per heavy atom. The number of anilines is 1. The minimum atomic E-state index is -1.07. The van der Waals surface area contributed by atoms with E-state index in [2.05, 4.69) is 37.2 Å². The van der Waals surface area contributed by atoms with Crippen LogP contribution < -0.4 is 5.32 Å². The maximum Gasteiger partial charge on any atom is 0.338 e. The van der Waals surface area contributed by atoms with Crippen LogP contribution in [0.4, 0.5) is 5.69 Å². The molecule has 7 heteroatoms. The third kappa shape index (κ3) is 3.11. The summed E-state index contributed by atoms with van der Waals surface area (Å²) in [5.41, 5.74) is 1.45. The molecule has 1 aromatic carbocycles. The molecule has 0 aliphatic heterocycles. The van der Waals surface area contributed by atoms with Crippen LogP contribution in [0.3, 0.4) is 0 Å². The van der Waals surface area contributed by atoms with Crippen molar-refractivity contribution in [2.24, 2.45) is 0 Å². The molecule has 20 heavy (non-hydrogen) atoms. The summed E-state index contributed by atoms with van der Waals surface area (Å²) < 4.78 is 1.50. The number of carboxylic acid groups (broad SMARTS) is 1. The first-order chi connectivity index (χ1) is 9.40. The molecular formula is C13H9Br2NO3S. The lowest BCUT2D eigenvalue weighted by Crippen LogP contribution is -2.15. The number of carboxylic acids is 1. The number of hydrogen-bond donors (Lipinski definition) is 2. The summed E-state index contributed by atoms with van der Waals surface area (Å²) >= 11 is 7.98. The highest BCUT2D eigenvalue weighted by Gasteiger charge is 2.18. The zero-order chi connectivity index (χ0) is 14.9. The molecule has 0 fully saturated rings. The fraction of sp³-hybridized carbons (Fsp3) is 0.0769. The molecule has 0 radical (unpaired) electrons. The fourth-order valence-electron chi connectivity index (χ4n) is 1.74. The van der Waals surface area contributed by atoms with Gasteiger partial charge in [0.05, 0.1) is 24.4 Å². The zero-order valence-corrected chi connectivity index (χ0v) is 14.2. The van der Waals surface area contributed by atoms with E-state index in [9.17, 15) is 14.7 Å². The summed E-state index contributed by atoms with van der Waals surface area (Å²) in [6.45, 7) is 1.69. The molecule has 1 amide bonds. The molecule has 2 N–H and O–H groups in total. The molecule has 0 saturated carbocycles. The molecule has 0 aliphatic rings. The van der Waals surface area contributed by atoms with Crippen LogP contribution in [-0.4, -0.2) is 17.0 Å². The zero-order valence-electron chi connectivity index (χ0n) is 10.2. The Balaban J connectivity index is 2.36. The van der Waals surface area contributed by atoms with Gasteiger partial charge in [0.2, 0.25) is 0 Å². The Morgan fingerprint density at radius 3 is 2.55 bits per heavy atom. The van der Waals surface area contributed by atoms with Crippen molar-refractivity contribution in [2.45, 2.75) is 6.92 Å². The van der Waals surface area contributed by atoms with Crippen LogP contribution in [0.15, 0.2) is 31.8 Å². The first-order valence-electron chi connectivity index (χ1n) is 5.49. The molecule has 0 bridgehead atoms. The van der Waals surface area contributed by atoms with E-state index in [-0.39, 0.29) is 17.2 Å². The molecule has 1 aromatic heterocycles. The van der Waals surface area contributed by atoms with Crippen LogP contribution in [0.5, 0.6) is 0 Å². The first-order valence-corrected chi connectivity index (χ1v) is 7.89. The highest BCUT2D eigenvalue weighted by atomic mass is 79.9. The summed E-state index contributed by atoms with van der Waals surface area (Å²) in [7, 11) is 0. The predicted molar refractivity (Wildman–Crippen MR) is 85.8 cm³/mol. The van der Waals surface area contributed by atoms with Gasteiger partial charge in [0.15, 0.2) is 0 Å². The average molecular weight is 419 g/mol. The lowest BCUT2D eigenvalue weighted by molar-refractivity contribution is 0.0697. The summed E-state index contributed by atoms with van der Waals surface area (Å²) in [5, 5.41) is 11.9. The van der Waals surface area contributed by atoms with E-state index >= 15 is 0 Å². The number of carbonyl (C=O) groups is 2. The van der Waals surface area contributed by atoms with Crippen molar-refractivity contribution in [2.75, 3.05) is 5.32 Å². The van der Waals surface area contributed by atoms with Gasteiger partial charge in [-0.15, -0.1) is 11.3 Å². The number of benzene rings is 1. The van der Waals surface area contributed by atoms with E-state index in [1.54, 1.807) is 31.2 Å². The number of amides is 1.